The number of carbonyl (C=O) groups is 4. The number of fused-ring (bicyclic) bond motifs is 1. The van der Waals surface area contributed by atoms with E-state index in [9.17, 15) is 19.2 Å². The number of carbonyl (C=O) groups excluding carboxylic acids is 4. The molecule has 2 aliphatic heterocycles. The van der Waals surface area contributed by atoms with Crippen LogP contribution in [0.4, 0.5) is 4.79 Å². The van der Waals surface area contributed by atoms with Crippen molar-refractivity contribution in [1.29, 1.82) is 0 Å². The average molecular weight is 428 g/mol. The zero-order valence-corrected chi connectivity index (χ0v) is 18.3. The molecule has 0 aromatic carbocycles. The molecule has 0 radical (unpaired) electrons. The second kappa shape index (κ2) is 7.04. The summed E-state index contributed by atoms with van der Waals surface area (Å²) in [4.78, 5) is 56.6. The number of rotatable bonds is 3. The van der Waals surface area contributed by atoms with Crippen molar-refractivity contribution in [3.8, 4) is 0 Å². The number of imide groups is 2. The van der Waals surface area contributed by atoms with Crippen molar-refractivity contribution in [3.63, 3.8) is 0 Å². The summed E-state index contributed by atoms with van der Waals surface area (Å²) >= 11 is 0. The van der Waals surface area contributed by atoms with Crippen LogP contribution in [0.1, 0.15) is 77.0 Å². The Morgan fingerprint density at radius 3 is 2.13 bits per heavy atom. The van der Waals surface area contributed by atoms with E-state index in [4.69, 9.17) is 0 Å². The van der Waals surface area contributed by atoms with Gasteiger partial charge in [0.2, 0.25) is 5.91 Å². The summed E-state index contributed by atoms with van der Waals surface area (Å²) in [6.45, 7) is 0.415. The Kier molecular flexibility index (Phi) is 4.48. The van der Waals surface area contributed by atoms with Crippen LogP contribution in [0, 0.1) is 23.7 Å². The van der Waals surface area contributed by atoms with Crippen LogP contribution in [0.15, 0.2) is 0 Å². The first-order valence-corrected chi connectivity index (χ1v) is 12.4. The van der Waals surface area contributed by atoms with Gasteiger partial charge in [-0.25, -0.2) is 14.6 Å². The van der Waals surface area contributed by atoms with Crippen LogP contribution in [-0.4, -0.2) is 63.1 Å². The van der Waals surface area contributed by atoms with Crippen molar-refractivity contribution < 1.29 is 19.2 Å². The van der Waals surface area contributed by atoms with E-state index in [1.165, 1.54) is 30.6 Å². The molecule has 0 spiro atoms. The molecule has 2 saturated heterocycles. The Morgan fingerprint density at radius 1 is 0.839 bits per heavy atom. The monoisotopic (exact) mass is 427 g/mol. The van der Waals surface area contributed by atoms with Gasteiger partial charge in [0.1, 0.15) is 6.54 Å². The normalized spacial score (nSPS) is 41.9. The largest absolute Gasteiger partial charge is 0.338 e. The first kappa shape index (κ1) is 19.7. The highest BCUT2D eigenvalue weighted by Gasteiger charge is 2.61. The van der Waals surface area contributed by atoms with Crippen LogP contribution in [0.2, 0.25) is 0 Å². The van der Waals surface area contributed by atoms with Gasteiger partial charge in [-0.2, -0.15) is 0 Å². The van der Waals surface area contributed by atoms with Crippen molar-refractivity contribution >= 4 is 23.8 Å². The van der Waals surface area contributed by atoms with Gasteiger partial charge in [0.15, 0.2) is 0 Å². The van der Waals surface area contributed by atoms with E-state index in [0.29, 0.717) is 30.2 Å². The molecular formula is C24H33N3O4. The van der Waals surface area contributed by atoms with Crippen LogP contribution < -0.4 is 0 Å². The highest BCUT2D eigenvalue weighted by molar-refractivity contribution is 6.45. The Balaban J connectivity index is 1.21. The summed E-state index contributed by atoms with van der Waals surface area (Å²) in [5.74, 6) is 0.568. The van der Waals surface area contributed by atoms with Crippen molar-refractivity contribution in [2.45, 2.75) is 88.6 Å². The predicted octanol–water partition coefficient (Wildman–Crippen LogP) is 2.93. The predicted molar refractivity (Wildman–Crippen MR) is 112 cm³/mol. The summed E-state index contributed by atoms with van der Waals surface area (Å²) in [6.07, 6.45) is 12.8. The minimum Gasteiger partial charge on any atom is -0.338 e. The van der Waals surface area contributed by atoms with Gasteiger partial charge >= 0.3 is 17.8 Å². The summed E-state index contributed by atoms with van der Waals surface area (Å²) in [5.41, 5.74) is -0.490. The standard InChI is InChI=1S/C24H33N3O4/c28-20(25-7-3-5-18-4-1-2-6-19(18)25)14-26-21(29)22(30)27(23(26)31)24-11-15-8-16(12-24)10-17(9-15)13-24/h15-19H,1-14H2/t15?,16?,17?,18-,19+,24?/m0/s1. The number of amides is 5. The van der Waals surface area contributed by atoms with Crippen LogP contribution in [0.3, 0.4) is 0 Å². The van der Waals surface area contributed by atoms with Crippen LogP contribution >= 0.6 is 0 Å². The van der Waals surface area contributed by atoms with Crippen molar-refractivity contribution in [3.05, 3.63) is 0 Å². The van der Waals surface area contributed by atoms with Crippen molar-refractivity contribution in [2.24, 2.45) is 23.7 Å². The topological polar surface area (TPSA) is 78.0 Å². The lowest BCUT2D eigenvalue weighted by Crippen LogP contribution is -2.62. The number of likely N-dealkylation sites (tertiary alicyclic amines) is 1. The zero-order valence-electron chi connectivity index (χ0n) is 18.3. The smallest absolute Gasteiger partial charge is 0.335 e. The number of hydrogen-bond acceptors (Lipinski definition) is 4. The van der Waals surface area contributed by atoms with Crippen LogP contribution in [0.5, 0.6) is 0 Å². The van der Waals surface area contributed by atoms with Crippen molar-refractivity contribution in [2.75, 3.05) is 13.1 Å². The molecule has 168 valence electrons. The Morgan fingerprint density at radius 2 is 1.45 bits per heavy atom. The highest BCUT2D eigenvalue weighted by Crippen LogP contribution is 2.58. The molecule has 4 bridgehead atoms. The molecule has 0 aromatic heterocycles. The third-order valence-electron chi connectivity index (χ3n) is 9.39. The fourth-order valence-electron chi connectivity index (χ4n) is 8.56. The molecule has 0 N–H and O–H groups in total. The quantitative estimate of drug-likeness (QED) is 0.513. The molecule has 5 amide bonds. The molecule has 31 heavy (non-hydrogen) atoms. The lowest BCUT2D eigenvalue weighted by atomic mass is 9.52. The Labute approximate surface area is 183 Å². The molecule has 5 saturated carbocycles. The van der Waals surface area contributed by atoms with E-state index in [2.05, 4.69) is 0 Å². The molecule has 7 fully saturated rings. The van der Waals surface area contributed by atoms with Gasteiger partial charge in [-0.05, 0) is 87.9 Å². The molecule has 2 atom stereocenters. The average Bonchev–Trinajstić information content (AvgIpc) is 2.96. The van der Waals surface area contributed by atoms with Gasteiger partial charge in [-0.3, -0.25) is 14.4 Å². The summed E-state index contributed by atoms with van der Waals surface area (Å²) in [6, 6.07) is -0.305. The lowest BCUT2D eigenvalue weighted by molar-refractivity contribution is -0.150. The molecule has 7 nitrogen and oxygen atoms in total. The van der Waals surface area contributed by atoms with Crippen molar-refractivity contribution in [1.82, 2.24) is 14.7 Å². The maximum absolute atomic E-state index is 13.4. The molecule has 0 aromatic rings. The number of hydrogen-bond donors (Lipinski definition) is 0. The SMILES string of the molecule is O=C1C(=O)N(C23CC4CC(CC(C4)C2)C3)C(=O)N1CC(=O)N1CCC[C@@H]2CCCC[C@H]21. The van der Waals surface area contributed by atoms with Gasteiger partial charge in [0.05, 0.1) is 5.54 Å². The zero-order chi connectivity index (χ0) is 21.3. The van der Waals surface area contributed by atoms with E-state index in [1.54, 1.807) is 0 Å². The van der Waals surface area contributed by atoms with E-state index in [-0.39, 0.29) is 18.5 Å². The summed E-state index contributed by atoms with van der Waals surface area (Å²) in [7, 11) is 0. The van der Waals surface area contributed by atoms with Gasteiger partial charge in [0, 0.05) is 12.6 Å². The second-order valence-electron chi connectivity index (χ2n) is 11.3. The molecule has 7 heteroatoms. The molecule has 5 aliphatic carbocycles. The second-order valence-corrected chi connectivity index (χ2v) is 11.3. The Bertz CT molecular complexity index is 801. The minimum absolute atomic E-state index is 0.168. The Hall–Kier alpha value is -1.92. The molecule has 7 rings (SSSR count). The summed E-state index contributed by atoms with van der Waals surface area (Å²) in [5, 5.41) is 0. The number of nitrogens with zero attached hydrogens (tertiary/aromatic N) is 3. The number of urea groups is 1. The van der Waals surface area contributed by atoms with Gasteiger partial charge in [0.25, 0.3) is 0 Å². The first-order chi connectivity index (χ1) is 14.9. The molecule has 7 aliphatic rings. The van der Waals surface area contributed by atoms with E-state index in [1.807, 2.05) is 4.90 Å². The summed E-state index contributed by atoms with van der Waals surface area (Å²) < 4.78 is 0. The van der Waals surface area contributed by atoms with E-state index >= 15 is 0 Å². The van der Waals surface area contributed by atoms with E-state index in [0.717, 1.165) is 56.3 Å². The van der Waals surface area contributed by atoms with Crippen LogP contribution in [0.25, 0.3) is 0 Å². The fourth-order valence-corrected chi connectivity index (χ4v) is 8.56. The highest BCUT2D eigenvalue weighted by atomic mass is 16.2. The molecular weight excluding hydrogens is 394 g/mol. The van der Waals surface area contributed by atoms with Gasteiger partial charge in [-0.1, -0.05) is 12.8 Å². The third-order valence-corrected chi connectivity index (χ3v) is 9.39. The number of piperidine rings is 1. The third kappa shape index (κ3) is 2.98. The fraction of sp³-hybridized carbons (Fsp3) is 0.833. The molecule has 2 heterocycles. The first-order valence-electron chi connectivity index (χ1n) is 12.4. The van der Waals surface area contributed by atoms with E-state index < -0.39 is 23.4 Å². The minimum atomic E-state index is -0.800. The maximum Gasteiger partial charge on any atom is 0.335 e. The van der Waals surface area contributed by atoms with Gasteiger partial charge < -0.3 is 4.90 Å². The molecule has 0 unspecified atom stereocenters. The lowest BCUT2D eigenvalue weighted by Gasteiger charge is -2.58. The van der Waals surface area contributed by atoms with Crippen LogP contribution in [-0.2, 0) is 14.4 Å². The maximum atomic E-state index is 13.4. The van der Waals surface area contributed by atoms with Gasteiger partial charge in [-0.15, -0.1) is 0 Å².